The molecule has 1 aromatic heterocycles. The number of fused-ring (bicyclic) bond motifs is 1. The molecule has 0 atom stereocenters. The van der Waals surface area contributed by atoms with E-state index in [1.807, 2.05) is 31.2 Å². The molecule has 0 bridgehead atoms. The van der Waals surface area contributed by atoms with E-state index >= 15 is 8.78 Å². The number of phenolic OH excluding ortho intramolecular Hbond substituents is 1. The Hall–Kier alpha value is -3.25. The van der Waals surface area contributed by atoms with E-state index in [4.69, 9.17) is 4.74 Å². The summed E-state index contributed by atoms with van der Waals surface area (Å²) in [6.45, 7) is 3.36. The molecule has 0 aliphatic rings. The molecular weight excluding hydrogens is 421 g/mol. The highest BCUT2D eigenvalue weighted by atomic mass is 32.1. The van der Waals surface area contributed by atoms with E-state index in [9.17, 15) is 9.50 Å². The van der Waals surface area contributed by atoms with Crippen molar-refractivity contribution in [2.75, 3.05) is 0 Å². The standard InChI is InChI=1S/C25H19F3O2S/c1-3-4-16-5-9-19(10-6-16)30-23-20-11-8-18(29)14-22(20)31-24(23)25(27,28)21-12-7-17(26)13-15(21)2/h3-14,29H,1-2H3/b4-3+. The number of allylic oxidation sites excluding steroid dienone is 1. The first kappa shape index (κ1) is 21.0. The first-order valence-corrected chi connectivity index (χ1v) is 10.4. The van der Waals surface area contributed by atoms with Crippen molar-refractivity contribution in [2.45, 2.75) is 19.8 Å². The van der Waals surface area contributed by atoms with E-state index in [1.54, 1.807) is 18.2 Å². The number of phenols is 1. The van der Waals surface area contributed by atoms with Gasteiger partial charge in [-0.25, -0.2) is 4.39 Å². The Balaban J connectivity index is 1.86. The molecule has 0 aliphatic heterocycles. The Morgan fingerprint density at radius 1 is 1.00 bits per heavy atom. The van der Waals surface area contributed by atoms with Crippen LogP contribution in [-0.4, -0.2) is 5.11 Å². The molecule has 31 heavy (non-hydrogen) atoms. The maximum atomic E-state index is 15.7. The van der Waals surface area contributed by atoms with E-state index in [0.29, 0.717) is 15.8 Å². The predicted octanol–water partition coefficient (Wildman–Crippen LogP) is 8.02. The van der Waals surface area contributed by atoms with Crippen molar-refractivity contribution in [3.8, 4) is 17.2 Å². The van der Waals surface area contributed by atoms with Crippen LogP contribution in [0.2, 0.25) is 0 Å². The monoisotopic (exact) mass is 440 g/mol. The van der Waals surface area contributed by atoms with Crippen LogP contribution in [0, 0.1) is 12.7 Å². The third-order valence-electron chi connectivity index (χ3n) is 4.90. The molecule has 0 radical (unpaired) electrons. The van der Waals surface area contributed by atoms with Gasteiger partial charge in [-0.2, -0.15) is 8.78 Å². The topological polar surface area (TPSA) is 29.5 Å². The lowest BCUT2D eigenvalue weighted by molar-refractivity contribution is 0.0443. The average molecular weight is 440 g/mol. The van der Waals surface area contributed by atoms with E-state index in [1.165, 1.54) is 19.1 Å². The van der Waals surface area contributed by atoms with Crippen molar-refractivity contribution in [1.82, 2.24) is 0 Å². The van der Waals surface area contributed by atoms with E-state index in [2.05, 4.69) is 0 Å². The molecule has 0 amide bonds. The highest BCUT2D eigenvalue weighted by Crippen LogP contribution is 2.51. The second kappa shape index (κ2) is 8.12. The molecular formula is C25H19F3O2S. The SMILES string of the molecule is C/C=C/c1ccc(Oc2c(C(F)(F)c3ccc(F)cc3C)sc3cc(O)ccc23)cc1. The Bertz CT molecular complexity index is 1270. The summed E-state index contributed by atoms with van der Waals surface area (Å²) in [5, 5.41) is 10.3. The van der Waals surface area contributed by atoms with Gasteiger partial charge in [-0.15, -0.1) is 11.3 Å². The van der Waals surface area contributed by atoms with E-state index < -0.39 is 11.7 Å². The molecule has 0 unspecified atom stereocenters. The van der Waals surface area contributed by atoms with E-state index in [-0.39, 0.29) is 27.5 Å². The number of alkyl halides is 2. The van der Waals surface area contributed by atoms with Crippen LogP contribution in [-0.2, 0) is 5.92 Å². The second-order valence-corrected chi connectivity index (χ2v) is 8.20. The predicted molar refractivity (Wildman–Crippen MR) is 119 cm³/mol. The zero-order chi connectivity index (χ0) is 22.2. The molecule has 0 saturated heterocycles. The first-order chi connectivity index (χ1) is 14.8. The van der Waals surface area contributed by atoms with Crippen molar-refractivity contribution in [3.05, 3.63) is 94.1 Å². The zero-order valence-corrected chi connectivity index (χ0v) is 17.6. The van der Waals surface area contributed by atoms with Gasteiger partial charge in [0.15, 0.2) is 5.75 Å². The van der Waals surface area contributed by atoms with Gasteiger partial charge in [-0.3, -0.25) is 0 Å². The van der Waals surface area contributed by atoms with Gasteiger partial charge in [0.1, 0.15) is 22.2 Å². The van der Waals surface area contributed by atoms with Gasteiger partial charge in [-0.05, 0) is 73.5 Å². The maximum Gasteiger partial charge on any atom is 0.311 e. The van der Waals surface area contributed by atoms with Crippen molar-refractivity contribution in [2.24, 2.45) is 0 Å². The summed E-state index contributed by atoms with van der Waals surface area (Å²) in [4.78, 5) is -0.305. The number of hydrogen-bond donors (Lipinski definition) is 1. The van der Waals surface area contributed by atoms with Crippen LogP contribution in [0.15, 0.2) is 66.7 Å². The van der Waals surface area contributed by atoms with Gasteiger partial charge >= 0.3 is 5.92 Å². The third-order valence-corrected chi connectivity index (χ3v) is 6.10. The average Bonchev–Trinajstić information content (AvgIpc) is 3.07. The fraction of sp³-hybridized carbons (Fsp3) is 0.120. The molecule has 0 aliphatic carbocycles. The molecule has 4 rings (SSSR count). The fourth-order valence-electron chi connectivity index (χ4n) is 3.43. The molecule has 0 saturated carbocycles. The second-order valence-electron chi connectivity index (χ2n) is 7.15. The Morgan fingerprint density at radius 2 is 1.74 bits per heavy atom. The Labute approximate surface area is 181 Å². The minimum atomic E-state index is -3.42. The lowest BCUT2D eigenvalue weighted by Crippen LogP contribution is -2.16. The third kappa shape index (κ3) is 4.03. The van der Waals surface area contributed by atoms with Gasteiger partial charge < -0.3 is 9.84 Å². The Kier molecular flexibility index (Phi) is 5.50. The minimum absolute atomic E-state index is 0.0208. The maximum absolute atomic E-state index is 15.7. The molecule has 1 heterocycles. The molecule has 0 fully saturated rings. The van der Waals surface area contributed by atoms with Crippen molar-refractivity contribution < 1.29 is 23.0 Å². The molecule has 2 nitrogen and oxygen atoms in total. The highest BCUT2D eigenvalue weighted by molar-refractivity contribution is 7.19. The number of benzene rings is 3. The lowest BCUT2D eigenvalue weighted by atomic mass is 10.0. The van der Waals surface area contributed by atoms with Crippen molar-refractivity contribution in [3.63, 3.8) is 0 Å². The number of rotatable bonds is 5. The van der Waals surface area contributed by atoms with Crippen LogP contribution in [0.1, 0.15) is 28.5 Å². The van der Waals surface area contributed by atoms with Crippen molar-refractivity contribution in [1.29, 1.82) is 0 Å². The minimum Gasteiger partial charge on any atom is -0.508 e. The number of aryl methyl sites for hydroxylation is 1. The van der Waals surface area contributed by atoms with Gasteiger partial charge in [-0.1, -0.05) is 24.3 Å². The number of thiophene rings is 1. The quantitative estimate of drug-likeness (QED) is 0.340. The normalized spacial score (nSPS) is 12.0. The van der Waals surface area contributed by atoms with Gasteiger partial charge in [0, 0.05) is 15.6 Å². The smallest absolute Gasteiger partial charge is 0.311 e. The molecule has 1 N–H and O–H groups in total. The fourth-order valence-corrected chi connectivity index (χ4v) is 4.58. The van der Waals surface area contributed by atoms with Gasteiger partial charge in [0.05, 0.1) is 0 Å². The largest absolute Gasteiger partial charge is 0.508 e. The molecule has 158 valence electrons. The van der Waals surface area contributed by atoms with Crippen LogP contribution >= 0.6 is 11.3 Å². The van der Waals surface area contributed by atoms with Gasteiger partial charge in [0.25, 0.3) is 0 Å². The number of aromatic hydroxyl groups is 1. The lowest BCUT2D eigenvalue weighted by Gasteiger charge is -2.19. The molecule has 0 spiro atoms. The zero-order valence-electron chi connectivity index (χ0n) is 16.8. The summed E-state index contributed by atoms with van der Waals surface area (Å²) in [5.74, 6) is -3.58. The van der Waals surface area contributed by atoms with E-state index in [0.717, 1.165) is 35.1 Å². The van der Waals surface area contributed by atoms with Crippen molar-refractivity contribution >= 4 is 27.5 Å². The molecule has 4 aromatic rings. The van der Waals surface area contributed by atoms with Crippen LogP contribution in [0.5, 0.6) is 17.2 Å². The van der Waals surface area contributed by atoms with Crippen LogP contribution in [0.25, 0.3) is 16.2 Å². The van der Waals surface area contributed by atoms with Gasteiger partial charge in [0.2, 0.25) is 0 Å². The first-order valence-electron chi connectivity index (χ1n) is 9.60. The summed E-state index contributed by atoms with van der Waals surface area (Å²) in [7, 11) is 0. The van der Waals surface area contributed by atoms with Crippen LogP contribution < -0.4 is 4.74 Å². The molecule has 6 heteroatoms. The number of hydrogen-bond acceptors (Lipinski definition) is 3. The summed E-state index contributed by atoms with van der Waals surface area (Å²) in [5.41, 5.74) is 0.812. The summed E-state index contributed by atoms with van der Waals surface area (Å²) in [6, 6.07) is 14.7. The van der Waals surface area contributed by atoms with Crippen LogP contribution in [0.4, 0.5) is 13.2 Å². The highest BCUT2D eigenvalue weighted by Gasteiger charge is 2.41. The Morgan fingerprint density at radius 3 is 2.42 bits per heavy atom. The van der Waals surface area contributed by atoms with Crippen LogP contribution in [0.3, 0.4) is 0 Å². The number of ether oxygens (including phenoxy) is 1. The summed E-state index contributed by atoms with van der Waals surface area (Å²) in [6.07, 6.45) is 3.82. The number of halogens is 3. The molecule has 3 aromatic carbocycles. The summed E-state index contributed by atoms with van der Waals surface area (Å²) >= 11 is 0.843. The summed E-state index contributed by atoms with van der Waals surface area (Å²) < 4.78 is 51.3.